The molecule has 6 heteroatoms. The van der Waals surface area contributed by atoms with Crippen molar-refractivity contribution in [2.75, 3.05) is 26.4 Å². The van der Waals surface area contributed by atoms with Gasteiger partial charge < -0.3 is 20.1 Å². The summed E-state index contributed by atoms with van der Waals surface area (Å²) in [5, 5.41) is 26.0. The molecule has 0 unspecified atom stereocenters. The Morgan fingerprint density at radius 1 is 0.931 bits per heavy atom. The van der Waals surface area contributed by atoms with Gasteiger partial charge in [-0.25, -0.2) is 0 Å². The second-order valence-electron chi connectivity index (χ2n) is 7.81. The molecule has 1 saturated carbocycles. The van der Waals surface area contributed by atoms with Gasteiger partial charge in [0.2, 0.25) is 0 Å². The third-order valence-corrected chi connectivity index (χ3v) is 5.47. The molecule has 29 heavy (non-hydrogen) atoms. The molecule has 0 spiro atoms. The number of hydrogen-bond acceptors (Lipinski definition) is 6. The van der Waals surface area contributed by atoms with Gasteiger partial charge in [-0.05, 0) is 36.5 Å². The van der Waals surface area contributed by atoms with Crippen LogP contribution in [0.1, 0.15) is 70.3 Å². The summed E-state index contributed by atoms with van der Waals surface area (Å²) in [5.41, 5.74) is 0.396. The second kappa shape index (κ2) is 13.5. The van der Waals surface area contributed by atoms with Crippen molar-refractivity contribution in [2.45, 2.75) is 64.7 Å². The maximum absolute atomic E-state index is 11.5. The molecule has 6 nitrogen and oxygen atoms in total. The van der Waals surface area contributed by atoms with Crippen LogP contribution < -0.4 is 4.74 Å². The fourth-order valence-corrected chi connectivity index (χ4v) is 3.09. The van der Waals surface area contributed by atoms with Crippen molar-refractivity contribution in [3.05, 3.63) is 29.8 Å². The van der Waals surface area contributed by atoms with Gasteiger partial charge in [0.1, 0.15) is 17.3 Å². The number of unbranched alkanes of at least 4 members (excludes halogenated alkanes) is 2. The number of carbonyl (C=O) groups excluding carboxylic acids is 2. The lowest BCUT2D eigenvalue weighted by molar-refractivity contribution is -0.130. The van der Waals surface area contributed by atoms with Crippen LogP contribution in [0.5, 0.6) is 5.75 Å². The monoisotopic (exact) mass is 408 g/mol. The number of aliphatic hydroxyl groups excluding tert-OH is 3. The van der Waals surface area contributed by atoms with E-state index in [-0.39, 0.29) is 43.7 Å². The van der Waals surface area contributed by atoms with E-state index in [0.717, 1.165) is 24.3 Å². The summed E-state index contributed by atoms with van der Waals surface area (Å²) in [5.74, 6) is 1.04. The highest BCUT2D eigenvalue weighted by Crippen LogP contribution is 2.30. The highest BCUT2D eigenvalue weighted by Gasteiger charge is 2.26. The third-order valence-electron chi connectivity index (χ3n) is 5.47. The van der Waals surface area contributed by atoms with Crippen molar-refractivity contribution < 1.29 is 29.6 Å². The Morgan fingerprint density at radius 2 is 1.48 bits per heavy atom. The van der Waals surface area contributed by atoms with E-state index in [1.807, 2.05) is 31.2 Å². The number of ketones is 2. The number of ether oxygens (including phenoxy) is 1. The normalized spacial score (nSPS) is 15.1. The van der Waals surface area contributed by atoms with E-state index in [4.69, 9.17) is 20.1 Å². The molecule has 0 aliphatic heterocycles. The first-order valence-corrected chi connectivity index (χ1v) is 10.5. The molecule has 1 aromatic rings. The molecule has 1 aliphatic carbocycles. The van der Waals surface area contributed by atoms with Crippen LogP contribution in [0.25, 0.3) is 0 Å². The van der Waals surface area contributed by atoms with Crippen molar-refractivity contribution in [3.8, 4) is 5.75 Å². The fourth-order valence-electron chi connectivity index (χ4n) is 3.09. The molecule has 0 saturated heterocycles. The molecule has 1 aromatic carbocycles. The Morgan fingerprint density at radius 3 is 1.90 bits per heavy atom. The first-order valence-electron chi connectivity index (χ1n) is 10.5. The van der Waals surface area contributed by atoms with Crippen LogP contribution in [0.4, 0.5) is 0 Å². The topological polar surface area (TPSA) is 104 Å². The number of Topliss-reactive ketones (excluding diaryl/α,β-unsaturated/α-hetero) is 2. The lowest BCUT2D eigenvalue weighted by Crippen LogP contribution is -2.32. The molecule has 2 rings (SSSR count). The summed E-state index contributed by atoms with van der Waals surface area (Å²) in [6, 6.07) is 7.83. The smallest absolute Gasteiger partial charge is 0.140 e. The zero-order valence-electron chi connectivity index (χ0n) is 17.7. The Bertz CT molecular complexity index is 573. The molecule has 0 radical (unpaired) electrons. The first-order chi connectivity index (χ1) is 13.9. The van der Waals surface area contributed by atoms with E-state index in [9.17, 15) is 9.59 Å². The highest BCUT2D eigenvalue weighted by molar-refractivity contribution is 6.02. The molecular formula is C23H36O6. The number of carbonyl (C=O) groups is 2. The molecule has 1 aliphatic rings. The average molecular weight is 409 g/mol. The van der Waals surface area contributed by atoms with E-state index in [1.165, 1.54) is 12.8 Å². The number of hydrogen-bond donors (Lipinski definition) is 3. The van der Waals surface area contributed by atoms with Gasteiger partial charge in [0.15, 0.2) is 0 Å². The molecule has 3 N–H and O–H groups in total. The number of benzene rings is 1. The molecule has 0 heterocycles. The molecule has 0 bridgehead atoms. The van der Waals surface area contributed by atoms with E-state index in [2.05, 4.69) is 6.92 Å². The van der Waals surface area contributed by atoms with Gasteiger partial charge in [0.25, 0.3) is 0 Å². The molecule has 0 aromatic heterocycles. The van der Waals surface area contributed by atoms with Gasteiger partial charge in [-0.3, -0.25) is 9.59 Å². The van der Waals surface area contributed by atoms with E-state index in [1.54, 1.807) is 0 Å². The van der Waals surface area contributed by atoms with Crippen molar-refractivity contribution in [1.29, 1.82) is 0 Å². The maximum atomic E-state index is 11.5. The Hall–Kier alpha value is -1.76. The van der Waals surface area contributed by atoms with Crippen LogP contribution >= 0.6 is 0 Å². The summed E-state index contributed by atoms with van der Waals surface area (Å²) >= 11 is 0. The van der Waals surface area contributed by atoms with Crippen LogP contribution in [0.3, 0.4) is 0 Å². The maximum Gasteiger partial charge on any atom is 0.140 e. The highest BCUT2D eigenvalue weighted by atomic mass is 16.5. The average Bonchev–Trinajstić information content (AvgIpc) is 2.74. The summed E-state index contributed by atoms with van der Waals surface area (Å²) in [6.07, 6.45) is 5.14. The molecule has 0 amide bonds. The van der Waals surface area contributed by atoms with Gasteiger partial charge >= 0.3 is 0 Å². The third kappa shape index (κ3) is 8.64. The Labute approximate surface area is 173 Å². The number of aliphatic hydroxyl groups is 3. The molecule has 1 fully saturated rings. The van der Waals surface area contributed by atoms with Crippen molar-refractivity contribution in [1.82, 2.24) is 0 Å². The first kappa shape index (κ1) is 25.3. The fraction of sp³-hybridized carbons (Fsp3) is 0.652. The SMILES string of the molecule is CCC(CO)(CO)CO.CCCCCOc1ccc(C2CC(=O)CC(=O)C2)cc1. The molecule has 164 valence electrons. The lowest BCUT2D eigenvalue weighted by atomic mass is 9.83. The largest absolute Gasteiger partial charge is 0.494 e. The van der Waals surface area contributed by atoms with E-state index in [0.29, 0.717) is 19.3 Å². The summed E-state index contributed by atoms with van der Waals surface area (Å²) < 4.78 is 5.66. The van der Waals surface area contributed by atoms with E-state index < -0.39 is 5.41 Å². The van der Waals surface area contributed by atoms with Crippen molar-refractivity contribution in [3.63, 3.8) is 0 Å². The zero-order chi connectivity index (χ0) is 21.7. The summed E-state index contributed by atoms with van der Waals surface area (Å²) in [6.45, 7) is 4.27. The van der Waals surface area contributed by atoms with Crippen LogP contribution in [-0.4, -0.2) is 53.3 Å². The second-order valence-corrected chi connectivity index (χ2v) is 7.81. The van der Waals surface area contributed by atoms with Crippen molar-refractivity contribution in [2.24, 2.45) is 5.41 Å². The van der Waals surface area contributed by atoms with Crippen molar-refractivity contribution >= 4 is 11.6 Å². The summed E-state index contributed by atoms with van der Waals surface area (Å²) in [7, 11) is 0. The summed E-state index contributed by atoms with van der Waals surface area (Å²) in [4.78, 5) is 23.0. The van der Waals surface area contributed by atoms with Crippen LogP contribution in [0.15, 0.2) is 24.3 Å². The van der Waals surface area contributed by atoms with Gasteiger partial charge in [0.05, 0.1) is 32.8 Å². The van der Waals surface area contributed by atoms with Crippen LogP contribution in [-0.2, 0) is 9.59 Å². The molecule has 0 atom stereocenters. The number of rotatable bonds is 10. The van der Waals surface area contributed by atoms with E-state index >= 15 is 0 Å². The Balaban J connectivity index is 0.000000396. The van der Waals surface area contributed by atoms with Crippen LogP contribution in [0.2, 0.25) is 0 Å². The molecular weight excluding hydrogens is 372 g/mol. The minimum Gasteiger partial charge on any atom is -0.494 e. The van der Waals surface area contributed by atoms with Gasteiger partial charge in [0, 0.05) is 18.3 Å². The quantitative estimate of drug-likeness (QED) is 0.406. The standard InChI is InChI=1S/C17H22O3.C6H14O3/c1-2-3-4-9-20-17-7-5-13(6-8-17)14-10-15(18)12-16(19)11-14;1-2-6(3-7,4-8)5-9/h5-8,14H,2-4,9-12H2,1H3;7-9H,2-5H2,1H3. The Kier molecular flexibility index (Phi) is 11.7. The zero-order valence-corrected chi connectivity index (χ0v) is 17.7. The predicted molar refractivity (Wildman–Crippen MR) is 112 cm³/mol. The predicted octanol–water partition coefficient (Wildman–Crippen LogP) is 3.02. The lowest BCUT2D eigenvalue weighted by Gasteiger charge is -2.24. The van der Waals surface area contributed by atoms with Crippen LogP contribution in [0, 0.1) is 5.41 Å². The van der Waals surface area contributed by atoms with Gasteiger partial charge in [-0.2, -0.15) is 0 Å². The minimum atomic E-state index is -0.667. The minimum absolute atomic E-state index is 0.0536. The van der Waals surface area contributed by atoms with Gasteiger partial charge in [-0.1, -0.05) is 38.8 Å². The van der Waals surface area contributed by atoms with Gasteiger partial charge in [-0.15, -0.1) is 0 Å².